The summed E-state index contributed by atoms with van der Waals surface area (Å²) < 4.78 is 17.6. The fraction of sp³-hybridized carbons (Fsp3) is 0.143. The fourth-order valence-corrected chi connectivity index (χ4v) is 1.64. The Bertz CT molecular complexity index is 629. The van der Waals surface area contributed by atoms with Gasteiger partial charge in [0.2, 0.25) is 0 Å². The lowest BCUT2D eigenvalue weighted by molar-refractivity contribution is -0.118. The Balaban J connectivity index is 1.82. The van der Waals surface area contributed by atoms with Crippen LogP contribution in [0.4, 0.5) is 20.6 Å². The zero-order chi connectivity index (χ0) is 15.9. The molecule has 0 aliphatic rings. The molecule has 3 N–H and O–H groups in total. The van der Waals surface area contributed by atoms with Crippen molar-refractivity contribution in [1.29, 1.82) is 0 Å². The van der Waals surface area contributed by atoms with Crippen LogP contribution in [0.15, 0.2) is 47.1 Å². The second-order valence-corrected chi connectivity index (χ2v) is 4.64. The van der Waals surface area contributed by atoms with E-state index in [1.54, 1.807) is 24.3 Å². The van der Waals surface area contributed by atoms with Crippen LogP contribution in [-0.4, -0.2) is 17.6 Å². The van der Waals surface area contributed by atoms with Gasteiger partial charge >= 0.3 is 6.03 Å². The molecule has 0 aliphatic carbocycles. The highest BCUT2D eigenvalue weighted by Crippen LogP contribution is 2.14. The third-order valence-electron chi connectivity index (χ3n) is 2.61. The van der Waals surface area contributed by atoms with Gasteiger partial charge in [-0.25, -0.2) is 9.18 Å². The van der Waals surface area contributed by atoms with Crippen molar-refractivity contribution in [2.75, 3.05) is 10.6 Å². The van der Waals surface area contributed by atoms with Crippen molar-refractivity contribution in [3.8, 4) is 0 Å². The van der Waals surface area contributed by atoms with E-state index in [2.05, 4.69) is 16.0 Å². The lowest BCUT2D eigenvalue weighted by atomic mass is 10.3. The highest BCUT2D eigenvalue weighted by molar-refractivity contribution is 6.31. The first-order chi connectivity index (χ1) is 10.5. The van der Waals surface area contributed by atoms with Gasteiger partial charge in [-0.05, 0) is 36.4 Å². The molecule has 22 heavy (non-hydrogen) atoms. The SMILES string of the molecule is O=C(NCc1ccco1)Nc1ccc(NC(=O)C(F)Cl)cc1. The summed E-state index contributed by atoms with van der Waals surface area (Å²) in [6.45, 7) is 0.264. The molecule has 0 saturated carbocycles. The topological polar surface area (TPSA) is 83.4 Å². The number of halogens is 2. The van der Waals surface area contributed by atoms with Crippen molar-refractivity contribution < 1.29 is 18.4 Å². The maximum atomic E-state index is 12.5. The molecule has 0 bridgehead atoms. The van der Waals surface area contributed by atoms with Crippen LogP contribution in [0, 0.1) is 0 Å². The summed E-state index contributed by atoms with van der Waals surface area (Å²) >= 11 is 5.00. The third-order valence-corrected chi connectivity index (χ3v) is 2.81. The van der Waals surface area contributed by atoms with Gasteiger partial charge in [0.15, 0.2) is 0 Å². The van der Waals surface area contributed by atoms with Crippen molar-refractivity contribution in [3.05, 3.63) is 48.4 Å². The summed E-state index contributed by atoms with van der Waals surface area (Å²) in [6.07, 6.45) is 1.52. The van der Waals surface area contributed by atoms with Crippen molar-refractivity contribution in [2.24, 2.45) is 0 Å². The van der Waals surface area contributed by atoms with Gasteiger partial charge in [-0.2, -0.15) is 0 Å². The summed E-state index contributed by atoms with van der Waals surface area (Å²) in [4.78, 5) is 22.7. The summed E-state index contributed by atoms with van der Waals surface area (Å²) in [6, 6.07) is 9.21. The van der Waals surface area contributed by atoms with E-state index < -0.39 is 17.6 Å². The second-order valence-electron chi connectivity index (χ2n) is 4.25. The molecule has 1 atom stereocenters. The summed E-state index contributed by atoms with van der Waals surface area (Å²) in [5.41, 5.74) is -1.22. The number of urea groups is 1. The average molecular weight is 326 g/mol. The lowest BCUT2D eigenvalue weighted by Crippen LogP contribution is -2.28. The van der Waals surface area contributed by atoms with Crippen molar-refractivity contribution >= 4 is 34.9 Å². The van der Waals surface area contributed by atoms with Gasteiger partial charge in [0.25, 0.3) is 11.5 Å². The molecule has 8 heteroatoms. The van der Waals surface area contributed by atoms with Crippen LogP contribution in [0.1, 0.15) is 5.76 Å². The summed E-state index contributed by atoms with van der Waals surface area (Å²) in [7, 11) is 0. The predicted molar refractivity (Wildman–Crippen MR) is 80.4 cm³/mol. The first-order valence-corrected chi connectivity index (χ1v) is 6.74. The third kappa shape index (κ3) is 4.78. The Kier molecular flexibility index (Phi) is 5.37. The predicted octanol–water partition coefficient (Wildman–Crippen LogP) is 3.07. The highest BCUT2D eigenvalue weighted by atomic mass is 35.5. The fourth-order valence-electron chi connectivity index (χ4n) is 1.59. The van der Waals surface area contributed by atoms with E-state index >= 15 is 0 Å². The number of furan rings is 1. The smallest absolute Gasteiger partial charge is 0.319 e. The zero-order valence-electron chi connectivity index (χ0n) is 11.3. The van der Waals surface area contributed by atoms with E-state index in [0.717, 1.165) is 0 Å². The molecule has 3 amide bonds. The molecule has 1 aromatic carbocycles. The molecule has 1 aromatic heterocycles. The van der Waals surface area contributed by atoms with Gasteiger partial charge in [-0.3, -0.25) is 4.79 Å². The molecule has 0 aliphatic heterocycles. The molecule has 0 spiro atoms. The number of anilines is 2. The molecule has 116 valence electrons. The largest absolute Gasteiger partial charge is 0.467 e. The van der Waals surface area contributed by atoms with Crippen LogP contribution < -0.4 is 16.0 Å². The number of carbonyl (C=O) groups excluding carboxylic acids is 2. The number of rotatable bonds is 5. The van der Waals surface area contributed by atoms with Gasteiger partial charge in [0.1, 0.15) is 5.76 Å². The molecule has 2 rings (SSSR count). The van der Waals surface area contributed by atoms with Gasteiger partial charge in [0.05, 0.1) is 12.8 Å². The minimum absolute atomic E-state index is 0.264. The molecule has 0 radical (unpaired) electrons. The quantitative estimate of drug-likeness (QED) is 0.739. The van der Waals surface area contributed by atoms with Crippen LogP contribution in [0.25, 0.3) is 0 Å². The Morgan fingerprint density at radius 1 is 1.14 bits per heavy atom. The Labute approximate surface area is 130 Å². The molecule has 0 fully saturated rings. The molecular formula is C14H13ClFN3O3. The van der Waals surface area contributed by atoms with E-state index in [1.165, 1.54) is 18.4 Å². The minimum atomic E-state index is -2.11. The number of carbonyl (C=O) groups is 2. The van der Waals surface area contributed by atoms with Crippen LogP contribution >= 0.6 is 11.6 Å². The Morgan fingerprint density at radius 2 is 1.77 bits per heavy atom. The number of hydrogen-bond acceptors (Lipinski definition) is 3. The van der Waals surface area contributed by atoms with E-state index in [9.17, 15) is 14.0 Å². The number of nitrogens with one attached hydrogen (secondary N) is 3. The maximum absolute atomic E-state index is 12.5. The monoisotopic (exact) mass is 325 g/mol. The molecule has 0 saturated heterocycles. The van der Waals surface area contributed by atoms with Crippen LogP contribution in [-0.2, 0) is 11.3 Å². The Morgan fingerprint density at radius 3 is 2.32 bits per heavy atom. The van der Waals surface area contributed by atoms with Crippen LogP contribution in [0.2, 0.25) is 0 Å². The summed E-state index contributed by atoms with van der Waals surface area (Å²) in [5.74, 6) is -0.311. The van der Waals surface area contributed by atoms with Gasteiger partial charge in [-0.1, -0.05) is 11.6 Å². The number of hydrogen-bond donors (Lipinski definition) is 3. The van der Waals surface area contributed by atoms with E-state index in [-0.39, 0.29) is 6.54 Å². The van der Waals surface area contributed by atoms with Gasteiger partial charge < -0.3 is 20.4 Å². The van der Waals surface area contributed by atoms with Crippen LogP contribution in [0.5, 0.6) is 0 Å². The maximum Gasteiger partial charge on any atom is 0.319 e. The summed E-state index contributed by atoms with van der Waals surface area (Å²) in [5, 5.41) is 7.50. The van der Waals surface area contributed by atoms with Crippen LogP contribution in [0.3, 0.4) is 0 Å². The lowest BCUT2D eigenvalue weighted by Gasteiger charge is -2.08. The number of alkyl halides is 2. The van der Waals surface area contributed by atoms with Crippen molar-refractivity contribution in [2.45, 2.75) is 12.2 Å². The first-order valence-electron chi connectivity index (χ1n) is 6.31. The standard InChI is InChI=1S/C14H13ClFN3O3/c15-12(16)13(20)18-9-3-5-10(6-4-9)19-14(21)17-8-11-2-1-7-22-11/h1-7,12H,8H2,(H,18,20)(H2,17,19,21). The minimum Gasteiger partial charge on any atom is -0.467 e. The highest BCUT2D eigenvalue weighted by Gasteiger charge is 2.12. The van der Waals surface area contributed by atoms with Gasteiger partial charge in [-0.15, -0.1) is 0 Å². The molecule has 6 nitrogen and oxygen atoms in total. The second kappa shape index (κ2) is 7.46. The Hall–Kier alpha value is -2.54. The van der Waals surface area contributed by atoms with E-state index in [4.69, 9.17) is 16.0 Å². The van der Waals surface area contributed by atoms with E-state index in [1.807, 2.05) is 0 Å². The number of amides is 3. The first kappa shape index (κ1) is 15.8. The van der Waals surface area contributed by atoms with Crippen molar-refractivity contribution in [3.63, 3.8) is 0 Å². The molecule has 1 heterocycles. The van der Waals surface area contributed by atoms with E-state index in [0.29, 0.717) is 17.1 Å². The zero-order valence-corrected chi connectivity index (χ0v) is 12.1. The van der Waals surface area contributed by atoms with Gasteiger partial charge in [0, 0.05) is 11.4 Å². The molecular weight excluding hydrogens is 313 g/mol. The average Bonchev–Trinajstić information content (AvgIpc) is 3.00. The number of benzene rings is 1. The van der Waals surface area contributed by atoms with Crippen molar-refractivity contribution in [1.82, 2.24) is 5.32 Å². The normalized spacial score (nSPS) is 11.5. The molecule has 1 unspecified atom stereocenters. The molecule has 2 aromatic rings.